The molecule has 0 atom stereocenters. The number of hydrogen-bond acceptors (Lipinski definition) is 4. The first kappa shape index (κ1) is 20.1. The second-order valence-electron chi connectivity index (χ2n) is 5.22. The monoisotopic (exact) mass is 369 g/mol. The van der Waals surface area contributed by atoms with Crippen molar-refractivity contribution in [3.8, 4) is 5.75 Å². The fourth-order valence-corrected chi connectivity index (χ4v) is 2.65. The van der Waals surface area contributed by atoms with Crippen LogP contribution < -0.4 is 9.64 Å². The Kier molecular flexibility index (Phi) is 7.82. The molecule has 2 heterocycles. The minimum Gasteiger partial charge on any atom is -0.497 e. The SMILES string of the molecule is COc1cccc(N2CCN(C(=O)c3cccnc3)CC2)c1.Cl.Cl. The number of nitrogens with zero attached hydrogens (tertiary/aromatic N) is 3. The molecule has 5 nitrogen and oxygen atoms in total. The summed E-state index contributed by atoms with van der Waals surface area (Å²) in [6.07, 6.45) is 3.30. The summed E-state index contributed by atoms with van der Waals surface area (Å²) in [7, 11) is 1.67. The van der Waals surface area contributed by atoms with Gasteiger partial charge < -0.3 is 14.5 Å². The largest absolute Gasteiger partial charge is 0.497 e. The van der Waals surface area contributed by atoms with Gasteiger partial charge in [-0.2, -0.15) is 0 Å². The summed E-state index contributed by atoms with van der Waals surface area (Å²) in [6, 6.07) is 11.6. The molecule has 1 aromatic carbocycles. The van der Waals surface area contributed by atoms with E-state index >= 15 is 0 Å². The van der Waals surface area contributed by atoms with Crippen molar-refractivity contribution in [3.63, 3.8) is 0 Å². The maximum atomic E-state index is 12.4. The Hall–Kier alpha value is -1.98. The molecule has 1 amide bonds. The molecule has 0 aliphatic carbocycles. The molecule has 0 N–H and O–H groups in total. The topological polar surface area (TPSA) is 45.7 Å². The summed E-state index contributed by atoms with van der Waals surface area (Å²) in [6.45, 7) is 3.06. The first-order chi connectivity index (χ1) is 10.8. The van der Waals surface area contributed by atoms with E-state index in [0.29, 0.717) is 18.7 Å². The Balaban J connectivity index is 0.00000144. The normalized spacial score (nSPS) is 13.5. The molecule has 1 aromatic heterocycles. The molecule has 1 aliphatic rings. The van der Waals surface area contributed by atoms with Gasteiger partial charge in [0.1, 0.15) is 5.75 Å². The highest BCUT2D eigenvalue weighted by Crippen LogP contribution is 2.22. The number of aromatic nitrogens is 1. The van der Waals surface area contributed by atoms with Gasteiger partial charge in [0.05, 0.1) is 12.7 Å². The highest BCUT2D eigenvalue weighted by atomic mass is 35.5. The number of hydrogen-bond donors (Lipinski definition) is 0. The molecular weight excluding hydrogens is 349 g/mol. The molecule has 0 saturated carbocycles. The number of carbonyl (C=O) groups is 1. The van der Waals surface area contributed by atoms with Gasteiger partial charge >= 0.3 is 0 Å². The van der Waals surface area contributed by atoms with Crippen LogP contribution in [0.5, 0.6) is 5.75 Å². The van der Waals surface area contributed by atoms with Gasteiger partial charge in [-0.3, -0.25) is 9.78 Å². The van der Waals surface area contributed by atoms with E-state index in [-0.39, 0.29) is 30.7 Å². The predicted molar refractivity (Wildman–Crippen MR) is 99.8 cm³/mol. The number of benzene rings is 1. The molecule has 2 aromatic rings. The van der Waals surface area contributed by atoms with Crippen LogP contribution in [0.3, 0.4) is 0 Å². The van der Waals surface area contributed by atoms with Crippen molar-refractivity contribution in [2.24, 2.45) is 0 Å². The third kappa shape index (κ3) is 4.52. The number of anilines is 1. The third-order valence-electron chi connectivity index (χ3n) is 3.89. The van der Waals surface area contributed by atoms with E-state index in [1.165, 1.54) is 0 Å². The van der Waals surface area contributed by atoms with Crippen LogP contribution in [0.1, 0.15) is 10.4 Å². The van der Waals surface area contributed by atoms with Crippen LogP contribution >= 0.6 is 24.8 Å². The summed E-state index contributed by atoms with van der Waals surface area (Å²) in [5.74, 6) is 0.907. The Bertz CT molecular complexity index is 647. The van der Waals surface area contributed by atoms with Crippen molar-refractivity contribution in [2.75, 3.05) is 38.2 Å². The Labute approximate surface area is 154 Å². The fourth-order valence-electron chi connectivity index (χ4n) is 2.65. The van der Waals surface area contributed by atoms with E-state index in [0.717, 1.165) is 24.5 Å². The summed E-state index contributed by atoms with van der Waals surface area (Å²) < 4.78 is 5.26. The van der Waals surface area contributed by atoms with Crippen LogP contribution in [0.15, 0.2) is 48.8 Å². The maximum Gasteiger partial charge on any atom is 0.255 e. The van der Waals surface area contributed by atoms with E-state index in [1.54, 1.807) is 25.6 Å². The van der Waals surface area contributed by atoms with Crippen molar-refractivity contribution in [1.29, 1.82) is 0 Å². The first-order valence-corrected chi connectivity index (χ1v) is 7.36. The van der Waals surface area contributed by atoms with Crippen LogP contribution in [0.2, 0.25) is 0 Å². The van der Waals surface area contributed by atoms with Gasteiger partial charge in [-0.25, -0.2) is 0 Å². The molecule has 24 heavy (non-hydrogen) atoms. The minimum atomic E-state index is 0. The van der Waals surface area contributed by atoms with Gasteiger partial charge in [0.25, 0.3) is 5.91 Å². The number of halogens is 2. The van der Waals surface area contributed by atoms with E-state index in [1.807, 2.05) is 29.2 Å². The lowest BCUT2D eigenvalue weighted by Crippen LogP contribution is -2.48. The Morgan fingerprint density at radius 3 is 2.46 bits per heavy atom. The van der Waals surface area contributed by atoms with Gasteiger partial charge in [-0.1, -0.05) is 6.07 Å². The number of piperazine rings is 1. The number of carbonyl (C=O) groups excluding carboxylic acids is 1. The number of methoxy groups -OCH3 is 1. The van der Waals surface area contributed by atoms with Crippen LogP contribution in [-0.4, -0.2) is 49.1 Å². The molecule has 1 saturated heterocycles. The Morgan fingerprint density at radius 2 is 1.83 bits per heavy atom. The van der Waals surface area contributed by atoms with E-state index in [2.05, 4.69) is 16.0 Å². The average Bonchev–Trinajstić information content (AvgIpc) is 2.62. The van der Waals surface area contributed by atoms with Gasteiger partial charge in [-0.05, 0) is 24.3 Å². The molecule has 1 fully saturated rings. The summed E-state index contributed by atoms with van der Waals surface area (Å²) in [5.41, 5.74) is 1.78. The zero-order chi connectivity index (χ0) is 15.4. The van der Waals surface area contributed by atoms with Crippen LogP contribution in [-0.2, 0) is 0 Å². The zero-order valence-electron chi connectivity index (χ0n) is 13.4. The Morgan fingerprint density at radius 1 is 1.08 bits per heavy atom. The van der Waals surface area contributed by atoms with Crippen LogP contribution in [0, 0.1) is 0 Å². The zero-order valence-corrected chi connectivity index (χ0v) is 15.1. The molecule has 0 radical (unpaired) electrons. The summed E-state index contributed by atoms with van der Waals surface area (Å²) in [4.78, 5) is 20.6. The molecule has 0 spiro atoms. The molecule has 7 heteroatoms. The van der Waals surface area contributed by atoms with Gasteiger partial charge in [0, 0.05) is 50.3 Å². The fraction of sp³-hybridized carbons (Fsp3) is 0.294. The number of pyridine rings is 1. The molecule has 3 rings (SSSR count). The van der Waals surface area contributed by atoms with Crippen LogP contribution in [0.4, 0.5) is 5.69 Å². The van der Waals surface area contributed by atoms with E-state index < -0.39 is 0 Å². The summed E-state index contributed by atoms with van der Waals surface area (Å²) >= 11 is 0. The number of ether oxygens (including phenoxy) is 1. The highest BCUT2D eigenvalue weighted by molar-refractivity contribution is 5.94. The van der Waals surface area contributed by atoms with Gasteiger partial charge in [-0.15, -0.1) is 24.8 Å². The highest BCUT2D eigenvalue weighted by Gasteiger charge is 2.22. The average molecular weight is 370 g/mol. The molecule has 130 valence electrons. The third-order valence-corrected chi connectivity index (χ3v) is 3.89. The lowest BCUT2D eigenvalue weighted by molar-refractivity contribution is 0.0746. The lowest BCUT2D eigenvalue weighted by atomic mass is 10.2. The number of rotatable bonds is 3. The standard InChI is InChI=1S/C17H19N3O2.2ClH/c1-22-16-6-2-5-15(12-16)19-8-10-20(11-9-19)17(21)14-4-3-7-18-13-14;;/h2-7,12-13H,8-11H2,1H3;2*1H. The van der Waals surface area contributed by atoms with Crippen molar-refractivity contribution >= 4 is 36.4 Å². The second kappa shape index (κ2) is 9.35. The quantitative estimate of drug-likeness (QED) is 0.834. The van der Waals surface area contributed by atoms with E-state index in [4.69, 9.17) is 4.74 Å². The second-order valence-corrected chi connectivity index (χ2v) is 5.22. The lowest BCUT2D eigenvalue weighted by Gasteiger charge is -2.36. The smallest absolute Gasteiger partial charge is 0.255 e. The summed E-state index contributed by atoms with van der Waals surface area (Å²) in [5, 5.41) is 0. The van der Waals surface area contributed by atoms with Gasteiger partial charge in [0.2, 0.25) is 0 Å². The number of amides is 1. The van der Waals surface area contributed by atoms with Crippen molar-refractivity contribution in [3.05, 3.63) is 54.4 Å². The minimum absolute atomic E-state index is 0. The maximum absolute atomic E-state index is 12.4. The molecular formula is C17H21Cl2N3O2. The van der Waals surface area contributed by atoms with E-state index in [9.17, 15) is 4.79 Å². The molecule has 0 unspecified atom stereocenters. The first-order valence-electron chi connectivity index (χ1n) is 7.36. The molecule has 0 bridgehead atoms. The van der Waals surface area contributed by atoms with Crippen molar-refractivity contribution in [2.45, 2.75) is 0 Å². The molecule has 1 aliphatic heterocycles. The van der Waals surface area contributed by atoms with Gasteiger partial charge in [0.15, 0.2) is 0 Å². The van der Waals surface area contributed by atoms with Crippen molar-refractivity contribution < 1.29 is 9.53 Å². The van der Waals surface area contributed by atoms with Crippen LogP contribution in [0.25, 0.3) is 0 Å². The predicted octanol–water partition coefficient (Wildman–Crippen LogP) is 2.90. The van der Waals surface area contributed by atoms with Crippen molar-refractivity contribution in [1.82, 2.24) is 9.88 Å².